The van der Waals surface area contributed by atoms with Gasteiger partial charge in [0.25, 0.3) is 0 Å². The number of benzene rings is 1. The van der Waals surface area contributed by atoms with Crippen LogP contribution < -0.4 is 10.4 Å². The molecule has 1 atom stereocenters. The molecule has 25 heavy (non-hydrogen) atoms. The molecule has 0 aliphatic carbocycles. The Kier molecular flexibility index (Phi) is 3.99. The second kappa shape index (κ2) is 5.88. The first kappa shape index (κ1) is 17.0. The van der Waals surface area contributed by atoms with Gasteiger partial charge in [0.1, 0.15) is 16.9 Å². The van der Waals surface area contributed by atoms with Crippen molar-refractivity contribution in [2.24, 2.45) is 0 Å². The summed E-state index contributed by atoms with van der Waals surface area (Å²) in [4.78, 5) is 36.2. The number of hydrogen-bond acceptors (Lipinski definition) is 6. The summed E-state index contributed by atoms with van der Waals surface area (Å²) in [7, 11) is 0. The predicted molar refractivity (Wildman–Crippen MR) is 90.8 cm³/mol. The maximum absolute atomic E-state index is 12.9. The highest BCUT2D eigenvalue weighted by Gasteiger charge is 2.46. The van der Waals surface area contributed by atoms with E-state index in [0.717, 1.165) is 5.57 Å². The fourth-order valence-electron chi connectivity index (χ4n) is 2.75. The molecular weight excluding hydrogens is 324 g/mol. The Bertz CT molecular complexity index is 960. The molecule has 2 aromatic rings. The molecule has 6 heteroatoms. The molecule has 1 unspecified atom stereocenters. The van der Waals surface area contributed by atoms with E-state index in [4.69, 9.17) is 13.9 Å². The standard InChI is InChI=1S/C19H18O6/c1-10(2)7-16(21)24-18-17(22)12-8-11-5-6-15(20)23-13(11)9-14(12)25-19(18,3)4/h5-9,18H,1-4H3. The zero-order chi connectivity index (χ0) is 18.4. The van der Waals surface area contributed by atoms with Crippen molar-refractivity contribution < 1.29 is 23.5 Å². The van der Waals surface area contributed by atoms with Crippen LogP contribution in [0.5, 0.6) is 5.75 Å². The van der Waals surface area contributed by atoms with E-state index in [1.165, 1.54) is 18.2 Å². The van der Waals surface area contributed by atoms with Crippen LogP contribution in [0.25, 0.3) is 11.0 Å². The summed E-state index contributed by atoms with van der Waals surface area (Å²) < 4.78 is 16.4. The SMILES string of the molecule is CC(C)=CC(=O)OC1C(=O)c2cc3ccc(=O)oc3cc2OC1(C)C. The van der Waals surface area contributed by atoms with Crippen molar-refractivity contribution in [3.05, 3.63) is 51.9 Å². The Balaban J connectivity index is 2.05. The molecule has 1 aromatic heterocycles. The third kappa shape index (κ3) is 3.20. The normalized spacial score (nSPS) is 18.2. The number of ether oxygens (including phenoxy) is 2. The van der Waals surface area contributed by atoms with E-state index in [2.05, 4.69) is 0 Å². The van der Waals surface area contributed by atoms with Crippen LogP contribution in [-0.4, -0.2) is 23.5 Å². The number of rotatable bonds is 2. The number of esters is 1. The minimum Gasteiger partial charge on any atom is -0.483 e. The first-order valence-electron chi connectivity index (χ1n) is 7.84. The van der Waals surface area contributed by atoms with E-state index in [1.54, 1.807) is 39.8 Å². The minimum absolute atomic E-state index is 0.288. The zero-order valence-corrected chi connectivity index (χ0v) is 14.4. The molecule has 1 aromatic carbocycles. The summed E-state index contributed by atoms with van der Waals surface area (Å²) in [5.74, 6) is -0.647. The Morgan fingerprint density at radius 2 is 1.92 bits per heavy atom. The van der Waals surface area contributed by atoms with Gasteiger partial charge in [0.15, 0.2) is 0 Å². The van der Waals surface area contributed by atoms with Crippen LogP contribution in [0.1, 0.15) is 38.1 Å². The molecule has 3 rings (SSSR count). The van der Waals surface area contributed by atoms with Crippen molar-refractivity contribution in [1.82, 2.24) is 0 Å². The van der Waals surface area contributed by atoms with E-state index in [1.807, 2.05) is 0 Å². The first-order chi connectivity index (χ1) is 11.7. The Morgan fingerprint density at radius 1 is 1.20 bits per heavy atom. The van der Waals surface area contributed by atoms with Crippen LogP contribution >= 0.6 is 0 Å². The third-order valence-corrected chi connectivity index (χ3v) is 3.87. The molecule has 0 amide bonds. The van der Waals surface area contributed by atoms with E-state index >= 15 is 0 Å². The van der Waals surface area contributed by atoms with E-state index in [9.17, 15) is 14.4 Å². The third-order valence-electron chi connectivity index (χ3n) is 3.87. The van der Waals surface area contributed by atoms with Gasteiger partial charge in [0.05, 0.1) is 5.56 Å². The molecule has 0 fully saturated rings. The quantitative estimate of drug-likeness (QED) is 0.474. The van der Waals surface area contributed by atoms with E-state index in [0.29, 0.717) is 16.7 Å². The van der Waals surface area contributed by atoms with Crippen LogP contribution in [0.15, 0.2) is 45.1 Å². The molecule has 0 saturated heterocycles. The first-order valence-corrected chi connectivity index (χ1v) is 7.84. The second-order valence-corrected chi connectivity index (χ2v) is 6.75. The van der Waals surface area contributed by atoms with Gasteiger partial charge in [-0.3, -0.25) is 4.79 Å². The van der Waals surface area contributed by atoms with Crippen LogP contribution in [-0.2, 0) is 9.53 Å². The second-order valence-electron chi connectivity index (χ2n) is 6.75. The molecule has 0 N–H and O–H groups in total. The Labute approximate surface area is 144 Å². The minimum atomic E-state index is -1.07. The summed E-state index contributed by atoms with van der Waals surface area (Å²) in [5, 5.41) is 0.587. The molecule has 0 spiro atoms. The molecular formula is C19H18O6. The number of hydrogen-bond donors (Lipinski definition) is 0. The molecule has 0 bridgehead atoms. The average molecular weight is 342 g/mol. The highest BCUT2D eigenvalue weighted by molar-refractivity contribution is 6.07. The summed E-state index contributed by atoms with van der Waals surface area (Å²) >= 11 is 0. The van der Waals surface area contributed by atoms with Crippen molar-refractivity contribution in [3.8, 4) is 5.75 Å². The lowest BCUT2D eigenvalue weighted by atomic mass is 9.89. The number of ketones is 1. The van der Waals surface area contributed by atoms with Gasteiger partial charge in [-0.05, 0) is 39.8 Å². The average Bonchev–Trinajstić information content (AvgIpc) is 2.49. The van der Waals surface area contributed by atoms with E-state index < -0.39 is 23.3 Å². The summed E-state index contributed by atoms with van der Waals surface area (Å²) in [6, 6.07) is 5.94. The Hall–Kier alpha value is -2.89. The number of allylic oxidation sites excluding steroid dienone is 1. The lowest BCUT2D eigenvalue weighted by Crippen LogP contribution is -2.52. The molecule has 0 radical (unpaired) electrons. The molecule has 0 saturated carbocycles. The van der Waals surface area contributed by atoms with Gasteiger partial charge >= 0.3 is 11.6 Å². The number of fused-ring (bicyclic) bond motifs is 2. The van der Waals surface area contributed by atoms with Gasteiger partial charge in [0.2, 0.25) is 11.9 Å². The van der Waals surface area contributed by atoms with Crippen LogP contribution in [0.3, 0.4) is 0 Å². The fraction of sp³-hybridized carbons (Fsp3) is 0.316. The lowest BCUT2D eigenvalue weighted by Gasteiger charge is -2.37. The molecule has 2 heterocycles. The van der Waals surface area contributed by atoms with Crippen LogP contribution in [0.2, 0.25) is 0 Å². The van der Waals surface area contributed by atoms with Crippen molar-refractivity contribution in [2.75, 3.05) is 0 Å². The zero-order valence-electron chi connectivity index (χ0n) is 14.4. The number of carbonyl (C=O) groups is 2. The van der Waals surface area contributed by atoms with Gasteiger partial charge in [-0.2, -0.15) is 0 Å². The maximum Gasteiger partial charge on any atom is 0.336 e. The van der Waals surface area contributed by atoms with Gasteiger partial charge < -0.3 is 13.9 Å². The summed E-state index contributed by atoms with van der Waals surface area (Å²) in [5.41, 5.74) is -0.154. The summed E-state index contributed by atoms with van der Waals surface area (Å²) in [6.45, 7) is 6.86. The number of carbonyl (C=O) groups excluding carboxylic acids is 2. The maximum atomic E-state index is 12.9. The molecule has 6 nitrogen and oxygen atoms in total. The predicted octanol–water partition coefficient (Wildman–Crippen LogP) is 3.02. The van der Waals surface area contributed by atoms with Gasteiger partial charge in [-0.1, -0.05) is 5.57 Å². The highest BCUT2D eigenvalue weighted by atomic mass is 16.6. The van der Waals surface area contributed by atoms with Crippen LogP contribution in [0.4, 0.5) is 0 Å². The van der Waals surface area contributed by atoms with Crippen molar-refractivity contribution in [2.45, 2.75) is 39.4 Å². The number of Topliss-reactive ketones (excluding diaryl/α,β-unsaturated/α-hetero) is 1. The lowest BCUT2D eigenvalue weighted by molar-refractivity contribution is -0.150. The van der Waals surface area contributed by atoms with Gasteiger partial charge in [0, 0.05) is 23.6 Å². The van der Waals surface area contributed by atoms with Gasteiger partial charge in [-0.25, -0.2) is 9.59 Å². The highest BCUT2D eigenvalue weighted by Crippen LogP contribution is 2.37. The fourth-order valence-corrected chi connectivity index (χ4v) is 2.75. The summed E-state index contributed by atoms with van der Waals surface area (Å²) in [6.07, 6.45) is 0.254. The van der Waals surface area contributed by atoms with Crippen molar-refractivity contribution in [3.63, 3.8) is 0 Å². The largest absolute Gasteiger partial charge is 0.483 e. The van der Waals surface area contributed by atoms with Crippen LogP contribution in [0, 0.1) is 0 Å². The molecule has 1 aliphatic rings. The smallest absolute Gasteiger partial charge is 0.336 e. The molecule has 130 valence electrons. The van der Waals surface area contributed by atoms with Gasteiger partial charge in [-0.15, -0.1) is 0 Å². The van der Waals surface area contributed by atoms with E-state index in [-0.39, 0.29) is 11.3 Å². The monoisotopic (exact) mass is 342 g/mol. The van der Waals surface area contributed by atoms with Crippen molar-refractivity contribution >= 4 is 22.7 Å². The topological polar surface area (TPSA) is 82.8 Å². The Morgan fingerprint density at radius 3 is 2.60 bits per heavy atom. The van der Waals surface area contributed by atoms with Crippen molar-refractivity contribution in [1.29, 1.82) is 0 Å². The molecule has 1 aliphatic heterocycles.